The number of aryl methyl sites for hydroxylation is 1. The molecule has 166 valence electrons. The second-order valence-electron chi connectivity index (χ2n) is 7.39. The SMILES string of the molecule is COc1ccc(S(=O)(=O)Nc2ccc3c(c2)N(C(=O)c2ccccc2)CCC3)c(OC)c1. The van der Waals surface area contributed by atoms with E-state index in [1.165, 1.54) is 26.4 Å². The molecule has 0 saturated carbocycles. The van der Waals surface area contributed by atoms with E-state index in [1.54, 1.807) is 35.2 Å². The Labute approximate surface area is 187 Å². The van der Waals surface area contributed by atoms with Crippen molar-refractivity contribution in [2.24, 2.45) is 0 Å². The summed E-state index contributed by atoms with van der Waals surface area (Å²) in [4.78, 5) is 14.8. The second-order valence-corrected chi connectivity index (χ2v) is 9.04. The summed E-state index contributed by atoms with van der Waals surface area (Å²) in [5.74, 6) is 0.559. The van der Waals surface area contributed by atoms with Gasteiger partial charge in [-0.15, -0.1) is 0 Å². The molecule has 0 unspecified atom stereocenters. The van der Waals surface area contributed by atoms with Crippen LogP contribution in [-0.4, -0.2) is 35.1 Å². The van der Waals surface area contributed by atoms with Crippen LogP contribution >= 0.6 is 0 Å². The lowest BCUT2D eigenvalue weighted by molar-refractivity contribution is 0.0985. The lowest BCUT2D eigenvalue weighted by Gasteiger charge is -2.30. The predicted molar refractivity (Wildman–Crippen MR) is 123 cm³/mol. The van der Waals surface area contributed by atoms with Gasteiger partial charge in [-0.25, -0.2) is 8.42 Å². The number of rotatable bonds is 6. The molecular weight excluding hydrogens is 428 g/mol. The summed E-state index contributed by atoms with van der Waals surface area (Å²) in [6.07, 6.45) is 1.67. The van der Waals surface area contributed by atoms with Gasteiger partial charge in [0.15, 0.2) is 0 Å². The van der Waals surface area contributed by atoms with Crippen molar-refractivity contribution in [2.45, 2.75) is 17.7 Å². The standard InChI is InChI=1S/C24H24N2O5S/c1-30-20-12-13-23(22(16-20)31-2)32(28,29)25-19-11-10-17-9-6-14-26(21(17)15-19)24(27)18-7-4-3-5-8-18/h3-5,7-8,10-13,15-16,25H,6,9,14H2,1-2H3. The van der Waals surface area contributed by atoms with Gasteiger partial charge in [0.05, 0.1) is 19.9 Å². The first-order chi connectivity index (χ1) is 15.4. The van der Waals surface area contributed by atoms with E-state index < -0.39 is 10.0 Å². The molecule has 1 aliphatic rings. The molecule has 1 heterocycles. The number of carbonyl (C=O) groups excluding carboxylic acids is 1. The number of fused-ring (bicyclic) bond motifs is 1. The summed E-state index contributed by atoms with van der Waals surface area (Å²) in [5, 5.41) is 0. The summed E-state index contributed by atoms with van der Waals surface area (Å²) in [6.45, 7) is 0.573. The minimum absolute atomic E-state index is 0.00395. The van der Waals surface area contributed by atoms with Gasteiger partial charge in [-0.05, 0) is 54.8 Å². The maximum atomic E-state index is 13.1. The Morgan fingerprint density at radius 2 is 1.75 bits per heavy atom. The Morgan fingerprint density at radius 3 is 2.47 bits per heavy atom. The van der Waals surface area contributed by atoms with Crippen LogP contribution in [0.15, 0.2) is 71.6 Å². The number of nitrogens with one attached hydrogen (secondary N) is 1. The summed E-state index contributed by atoms with van der Waals surface area (Å²) in [7, 11) is -1.03. The van der Waals surface area contributed by atoms with Gasteiger partial charge in [-0.1, -0.05) is 24.3 Å². The minimum atomic E-state index is -3.93. The number of nitrogens with zero attached hydrogens (tertiary/aromatic N) is 1. The van der Waals surface area contributed by atoms with Crippen molar-refractivity contribution in [3.63, 3.8) is 0 Å². The molecule has 0 atom stereocenters. The Bertz CT molecular complexity index is 1240. The fraction of sp³-hybridized carbons (Fsp3) is 0.208. The molecule has 1 amide bonds. The Kier molecular flexibility index (Phi) is 6.05. The third-order valence-corrected chi connectivity index (χ3v) is 6.80. The first kappa shape index (κ1) is 21.7. The van der Waals surface area contributed by atoms with Crippen molar-refractivity contribution in [3.05, 3.63) is 77.9 Å². The van der Waals surface area contributed by atoms with Crippen LogP contribution in [0.5, 0.6) is 11.5 Å². The Balaban J connectivity index is 1.66. The molecule has 0 radical (unpaired) electrons. The predicted octanol–water partition coefficient (Wildman–Crippen LogP) is 4.10. The number of amides is 1. The zero-order chi connectivity index (χ0) is 22.7. The number of ether oxygens (including phenoxy) is 2. The van der Waals surface area contributed by atoms with Crippen molar-refractivity contribution in [1.29, 1.82) is 0 Å². The molecule has 3 aromatic carbocycles. The molecule has 1 aliphatic heterocycles. The van der Waals surface area contributed by atoms with Crippen molar-refractivity contribution in [3.8, 4) is 11.5 Å². The van der Waals surface area contributed by atoms with E-state index in [4.69, 9.17) is 9.47 Å². The lowest BCUT2D eigenvalue weighted by Crippen LogP contribution is -2.35. The first-order valence-electron chi connectivity index (χ1n) is 10.2. The van der Waals surface area contributed by atoms with Gasteiger partial charge in [0.25, 0.3) is 15.9 Å². The normalized spacial score (nSPS) is 13.2. The molecule has 4 rings (SSSR count). The van der Waals surface area contributed by atoms with E-state index in [2.05, 4.69) is 4.72 Å². The Hall–Kier alpha value is -3.52. The zero-order valence-corrected chi connectivity index (χ0v) is 18.7. The number of hydrogen-bond donors (Lipinski definition) is 1. The van der Waals surface area contributed by atoms with Crippen LogP contribution in [0, 0.1) is 0 Å². The van der Waals surface area contributed by atoms with Crippen molar-refractivity contribution < 1.29 is 22.7 Å². The quantitative estimate of drug-likeness (QED) is 0.609. The third-order valence-electron chi connectivity index (χ3n) is 5.38. The fourth-order valence-corrected chi connectivity index (χ4v) is 4.99. The monoisotopic (exact) mass is 452 g/mol. The molecular formula is C24H24N2O5S. The topological polar surface area (TPSA) is 84.9 Å². The van der Waals surface area contributed by atoms with Crippen LogP contribution in [0.1, 0.15) is 22.3 Å². The largest absolute Gasteiger partial charge is 0.497 e. The van der Waals surface area contributed by atoms with Crippen molar-refractivity contribution in [1.82, 2.24) is 0 Å². The molecule has 0 saturated heterocycles. The van der Waals surface area contributed by atoms with Gasteiger partial charge < -0.3 is 14.4 Å². The third kappa shape index (κ3) is 4.27. The first-order valence-corrected chi connectivity index (χ1v) is 11.7. The van der Waals surface area contributed by atoms with Crippen LogP contribution in [0.3, 0.4) is 0 Å². The highest BCUT2D eigenvalue weighted by atomic mass is 32.2. The number of carbonyl (C=O) groups is 1. The van der Waals surface area contributed by atoms with Crippen LogP contribution in [0.4, 0.5) is 11.4 Å². The minimum Gasteiger partial charge on any atom is -0.497 e. The maximum Gasteiger partial charge on any atom is 0.265 e. The van der Waals surface area contributed by atoms with Gasteiger partial charge in [0, 0.05) is 23.9 Å². The van der Waals surface area contributed by atoms with Gasteiger partial charge >= 0.3 is 0 Å². The lowest BCUT2D eigenvalue weighted by atomic mass is 10.00. The molecule has 8 heteroatoms. The molecule has 0 fully saturated rings. The van der Waals surface area contributed by atoms with E-state index >= 15 is 0 Å². The highest BCUT2D eigenvalue weighted by molar-refractivity contribution is 7.92. The van der Waals surface area contributed by atoms with Crippen LogP contribution < -0.4 is 19.1 Å². The summed E-state index contributed by atoms with van der Waals surface area (Å²) >= 11 is 0. The molecule has 0 spiro atoms. The molecule has 0 aromatic heterocycles. The van der Waals surface area contributed by atoms with Gasteiger partial charge in [-0.3, -0.25) is 9.52 Å². The Morgan fingerprint density at radius 1 is 0.969 bits per heavy atom. The molecule has 0 bridgehead atoms. The zero-order valence-electron chi connectivity index (χ0n) is 17.9. The summed E-state index contributed by atoms with van der Waals surface area (Å²) in [6, 6.07) is 18.9. The molecule has 1 N–H and O–H groups in total. The number of methoxy groups -OCH3 is 2. The highest BCUT2D eigenvalue weighted by Crippen LogP contribution is 2.34. The van der Waals surface area contributed by atoms with Crippen LogP contribution in [0.2, 0.25) is 0 Å². The number of benzene rings is 3. The van der Waals surface area contributed by atoms with E-state index in [1.807, 2.05) is 24.3 Å². The fourth-order valence-electron chi connectivity index (χ4n) is 3.79. The van der Waals surface area contributed by atoms with Gasteiger partial charge in [0.2, 0.25) is 0 Å². The van der Waals surface area contributed by atoms with Crippen molar-refractivity contribution >= 4 is 27.3 Å². The smallest absolute Gasteiger partial charge is 0.265 e. The van der Waals surface area contributed by atoms with Gasteiger partial charge in [-0.2, -0.15) is 0 Å². The molecule has 32 heavy (non-hydrogen) atoms. The number of anilines is 2. The van der Waals surface area contributed by atoms with E-state index in [9.17, 15) is 13.2 Å². The molecule has 0 aliphatic carbocycles. The average molecular weight is 453 g/mol. The average Bonchev–Trinajstić information content (AvgIpc) is 2.83. The summed E-state index contributed by atoms with van der Waals surface area (Å²) in [5.41, 5.74) is 2.68. The number of sulfonamides is 1. The van der Waals surface area contributed by atoms with E-state index in [0.29, 0.717) is 29.2 Å². The highest BCUT2D eigenvalue weighted by Gasteiger charge is 2.25. The van der Waals surface area contributed by atoms with Crippen LogP contribution in [0.25, 0.3) is 0 Å². The second kappa shape index (κ2) is 8.92. The molecule has 3 aromatic rings. The van der Waals surface area contributed by atoms with E-state index in [-0.39, 0.29) is 16.6 Å². The van der Waals surface area contributed by atoms with E-state index in [0.717, 1.165) is 18.4 Å². The maximum absolute atomic E-state index is 13.1. The van der Waals surface area contributed by atoms with Crippen molar-refractivity contribution in [2.75, 3.05) is 30.4 Å². The van der Waals surface area contributed by atoms with Gasteiger partial charge in [0.1, 0.15) is 16.4 Å². The molecule has 7 nitrogen and oxygen atoms in total. The number of hydrogen-bond acceptors (Lipinski definition) is 5. The van der Waals surface area contributed by atoms with Crippen LogP contribution in [-0.2, 0) is 16.4 Å². The summed E-state index contributed by atoms with van der Waals surface area (Å²) < 4.78 is 39.1.